The molecule has 138 valence electrons. The lowest BCUT2D eigenvalue weighted by Crippen LogP contribution is -2.34. The maximum Gasteiger partial charge on any atom is 0.335 e. The number of imide groups is 1. The Labute approximate surface area is 151 Å². The molecule has 0 radical (unpaired) electrons. The van der Waals surface area contributed by atoms with E-state index in [1.165, 1.54) is 12.1 Å². The first-order valence-electron chi connectivity index (χ1n) is 7.80. The highest BCUT2D eigenvalue weighted by Crippen LogP contribution is 2.22. The summed E-state index contributed by atoms with van der Waals surface area (Å²) < 4.78 is 26.3. The first kappa shape index (κ1) is 18.2. The SMILES string of the molecule is O=C(CCNC(=O)c1ccc(F)cc1F)ON1C(=O)c2ccccc2C1=O. The number of hydrogen-bond donors (Lipinski definition) is 1. The summed E-state index contributed by atoms with van der Waals surface area (Å²) in [5.41, 5.74) is -0.143. The van der Waals surface area contributed by atoms with Crippen LogP contribution in [-0.4, -0.2) is 35.3 Å². The van der Waals surface area contributed by atoms with Gasteiger partial charge in [-0.2, -0.15) is 0 Å². The van der Waals surface area contributed by atoms with Crippen LogP contribution in [-0.2, 0) is 9.63 Å². The van der Waals surface area contributed by atoms with Crippen molar-refractivity contribution in [1.82, 2.24) is 10.4 Å². The Morgan fingerprint density at radius 1 is 1.00 bits per heavy atom. The molecule has 0 aromatic heterocycles. The van der Waals surface area contributed by atoms with Gasteiger partial charge < -0.3 is 10.2 Å². The molecule has 27 heavy (non-hydrogen) atoms. The number of hydroxylamine groups is 2. The molecular formula is C18H12F2N2O5. The third kappa shape index (κ3) is 3.66. The van der Waals surface area contributed by atoms with Crippen LogP contribution in [0.15, 0.2) is 42.5 Å². The molecule has 1 heterocycles. The minimum absolute atomic E-state index is 0.121. The molecule has 1 aliphatic heterocycles. The molecule has 0 unspecified atom stereocenters. The van der Waals surface area contributed by atoms with Crippen molar-refractivity contribution in [3.8, 4) is 0 Å². The standard InChI is InChI=1S/C18H12F2N2O5/c19-10-5-6-13(14(20)9-10)16(24)21-8-7-15(23)27-22-17(25)11-3-1-2-4-12(11)18(22)26/h1-6,9H,7-8H2,(H,21,24). The zero-order chi connectivity index (χ0) is 19.6. The predicted molar refractivity (Wildman–Crippen MR) is 86.3 cm³/mol. The molecule has 1 N–H and O–H groups in total. The van der Waals surface area contributed by atoms with Gasteiger partial charge in [-0.05, 0) is 24.3 Å². The molecule has 3 rings (SSSR count). The Balaban J connectivity index is 1.53. The van der Waals surface area contributed by atoms with Crippen molar-refractivity contribution in [3.05, 3.63) is 70.8 Å². The molecule has 1 aliphatic rings. The lowest BCUT2D eigenvalue weighted by Gasteiger charge is -2.13. The van der Waals surface area contributed by atoms with Gasteiger partial charge in [0, 0.05) is 12.6 Å². The minimum atomic E-state index is -1.04. The third-order valence-electron chi connectivity index (χ3n) is 3.74. The number of halogens is 2. The van der Waals surface area contributed by atoms with E-state index in [-0.39, 0.29) is 29.7 Å². The van der Waals surface area contributed by atoms with Crippen molar-refractivity contribution in [2.24, 2.45) is 0 Å². The summed E-state index contributed by atoms with van der Waals surface area (Å²) in [5, 5.41) is 2.62. The van der Waals surface area contributed by atoms with Gasteiger partial charge in [-0.15, -0.1) is 0 Å². The van der Waals surface area contributed by atoms with Crippen LogP contribution in [0.2, 0.25) is 0 Å². The molecule has 7 nitrogen and oxygen atoms in total. The number of benzene rings is 2. The molecule has 0 saturated heterocycles. The van der Waals surface area contributed by atoms with Gasteiger partial charge in [0.05, 0.1) is 23.1 Å². The summed E-state index contributed by atoms with van der Waals surface area (Å²) in [5.74, 6) is -5.18. The van der Waals surface area contributed by atoms with E-state index in [1.807, 2.05) is 0 Å². The maximum atomic E-state index is 13.5. The predicted octanol–water partition coefficient (Wildman–Crippen LogP) is 1.84. The number of amides is 3. The van der Waals surface area contributed by atoms with E-state index >= 15 is 0 Å². The van der Waals surface area contributed by atoms with E-state index in [4.69, 9.17) is 4.84 Å². The van der Waals surface area contributed by atoms with E-state index in [9.17, 15) is 28.0 Å². The first-order chi connectivity index (χ1) is 12.9. The van der Waals surface area contributed by atoms with Crippen LogP contribution in [0.3, 0.4) is 0 Å². The van der Waals surface area contributed by atoms with Gasteiger partial charge in [0.15, 0.2) is 0 Å². The van der Waals surface area contributed by atoms with E-state index in [2.05, 4.69) is 5.32 Å². The Kier molecular flexibility index (Phi) is 4.93. The van der Waals surface area contributed by atoms with Crippen molar-refractivity contribution in [2.75, 3.05) is 6.54 Å². The number of nitrogens with zero attached hydrogens (tertiary/aromatic N) is 1. The van der Waals surface area contributed by atoms with E-state index in [0.717, 1.165) is 12.1 Å². The highest BCUT2D eigenvalue weighted by atomic mass is 19.1. The summed E-state index contributed by atoms with van der Waals surface area (Å²) in [4.78, 5) is 52.5. The topological polar surface area (TPSA) is 92.8 Å². The van der Waals surface area contributed by atoms with Crippen LogP contribution < -0.4 is 5.32 Å². The zero-order valence-corrected chi connectivity index (χ0v) is 13.7. The van der Waals surface area contributed by atoms with Crippen molar-refractivity contribution in [1.29, 1.82) is 0 Å². The molecule has 0 atom stereocenters. The van der Waals surface area contributed by atoms with Crippen molar-refractivity contribution < 1.29 is 32.8 Å². The molecule has 9 heteroatoms. The largest absolute Gasteiger partial charge is 0.351 e. The van der Waals surface area contributed by atoms with Gasteiger partial charge in [-0.3, -0.25) is 14.4 Å². The number of carbonyl (C=O) groups excluding carboxylic acids is 4. The monoisotopic (exact) mass is 374 g/mol. The van der Waals surface area contributed by atoms with E-state index in [1.54, 1.807) is 12.1 Å². The van der Waals surface area contributed by atoms with Gasteiger partial charge in [-0.1, -0.05) is 17.2 Å². The van der Waals surface area contributed by atoms with Gasteiger partial charge in [-0.25, -0.2) is 13.6 Å². The van der Waals surface area contributed by atoms with Crippen molar-refractivity contribution in [2.45, 2.75) is 6.42 Å². The van der Waals surface area contributed by atoms with Gasteiger partial charge >= 0.3 is 5.97 Å². The van der Waals surface area contributed by atoms with E-state index < -0.39 is 35.3 Å². The number of fused-ring (bicyclic) bond motifs is 1. The lowest BCUT2D eigenvalue weighted by molar-refractivity contribution is -0.168. The molecule has 3 amide bonds. The van der Waals surface area contributed by atoms with Gasteiger partial charge in [0.2, 0.25) is 0 Å². The smallest absolute Gasteiger partial charge is 0.335 e. The summed E-state index contributed by atoms with van der Waals surface area (Å²) >= 11 is 0. The van der Waals surface area contributed by atoms with Crippen LogP contribution >= 0.6 is 0 Å². The summed E-state index contributed by atoms with van der Waals surface area (Å²) in [6.07, 6.45) is -0.373. The molecule has 0 aliphatic carbocycles. The summed E-state index contributed by atoms with van der Waals surface area (Å²) in [6.45, 7) is -0.238. The molecule has 0 spiro atoms. The van der Waals surface area contributed by atoms with Crippen LogP contribution in [0.1, 0.15) is 37.5 Å². The summed E-state index contributed by atoms with van der Waals surface area (Å²) in [7, 11) is 0. The normalized spacial score (nSPS) is 12.7. The molecule has 2 aromatic carbocycles. The van der Waals surface area contributed by atoms with Crippen LogP contribution in [0.5, 0.6) is 0 Å². The fourth-order valence-electron chi connectivity index (χ4n) is 2.44. The average Bonchev–Trinajstić information content (AvgIpc) is 2.87. The fraction of sp³-hybridized carbons (Fsp3) is 0.111. The average molecular weight is 374 g/mol. The fourth-order valence-corrected chi connectivity index (χ4v) is 2.44. The second kappa shape index (κ2) is 7.32. The van der Waals surface area contributed by atoms with Gasteiger partial charge in [0.1, 0.15) is 11.6 Å². The Morgan fingerprint density at radius 3 is 2.22 bits per heavy atom. The van der Waals surface area contributed by atoms with Gasteiger partial charge in [0.25, 0.3) is 17.7 Å². The van der Waals surface area contributed by atoms with Crippen molar-refractivity contribution >= 4 is 23.7 Å². The molecule has 0 bridgehead atoms. The number of carbonyl (C=O) groups is 4. The summed E-state index contributed by atoms with van der Waals surface area (Å²) in [6, 6.07) is 8.46. The lowest BCUT2D eigenvalue weighted by atomic mass is 10.1. The van der Waals surface area contributed by atoms with Crippen LogP contribution in [0.4, 0.5) is 8.78 Å². The quantitative estimate of drug-likeness (QED) is 0.807. The Hall–Kier alpha value is -3.62. The van der Waals surface area contributed by atoms with E-state index in [0.29, 0.717) is 11.1 Å². The Morgan fingerprint density at radius 2 is 1.63 bits per heavy atom. The third-order valence-corrected chi connectivity index (χ3v) is 3.74. The second-order valence-electron chi connectivity index (χ2n) is 5.54. The highest BCUT2D eigenvalue weighted by molar-refractivity contribution is 6.20. The zero-order valence-electron chi connectivity index (χ0n) is 13.7. The van der Waals surface area contributed by atoms with Crippen LogP contribution in [0, 0.1) is 11.6 Å². The minimum Gasteiger partial charge on any atom is -0.351 e. The number of hydrogen-bond acceptors (Lipinski definition) is 5. The molecule has 0 saturated carbocycles. The Bertz CT molecular complexity index is 926. The van der Waals surface area contributed by atoms with Crippen LogP contribution in [0.25, 0.3) is 0 Å². The molecule has 0 fully saturated rings. The second-order valence-corrected chi connectivity index (χ2v) is 5.54. The highest BCUT2D eigenvalue weighted by Gasteiger charge is 2.38. The molecule has 2 aromatic rings. The van der Waals surface area contributed by atoms with Crippen molar-refractivity contribution in [3.63, 3.8) is 0 Å². The number of rotatable bonds is 5. The first-order valence-corrected chi connectivity index (χ1v) is 7.80. The number of nitrogens with one attached hydrogen (secondary N) is 1. The molecular weight excluding hydrogens is 362 g/mol. The maximum absolute atomic E-state index is 13.5.